The smallest absolute Gasteiger partial charge is 0.315 e. The third-order valence-electron chi connectivity index (χ3n) is 3.78. The number of hydrogen-bond donors (Lipinski definition) is 3. The third kappa shape index (κ3) is 3.51. The largest absolute Gasteiger partial charge is 0.390 e. The molecule has 1 aromatic carbocycles. The summed E-state index contributed by atoms with van der Waals surface area (Å²) in [4.78, 5) is 13.2. The maximum Gasteiger partial charge on any atom is 0.315 e. The maximum atomic E-state index is 12.0. The van der Waals surface area contributed by atoms with Crippen molar-refractivity contribution in [3.05, 3.63) is 56.2 Å². The number of rotatable bonds is 4. The van der Waals surface area contributed by atoms with Gasteiger partial charge in [-0.15, -0.1) is 11.3 Å². The summed E-state index contributed by atoms with van der Waals surface area (Å²) in [5.74, 6) is 0. The predicted molar refractivity (Wildman–Crippen MR) is 91.2 cm³/mol. The quantitative estimate of drug-likeness (QED) is 0.763. The molecule has 116 valence electrons. The van der Waals surface area contributed by atoms with Gasteiger partial charge in [0.05, 0.1) is 15.9 Å². The Balaban J connectivity index is 1.51. The molecule has 4 nitrogen and oxygen atoms in total. The van der Waals surface area contributed by atoms with E-state index in [4.69, 9.17) is 0 Å². The Morgan fingerprint density at radius 2 is 2.14 bits per heavy atom. The minimum atomic E-state index is -0.559. The topological polar surface area (TPSA) is 61.4 Å². The van der Waals surface area contributed by atoms with Gasteiger partial charge in [-0.2, -0.15) is 0 Å². The normalized spacial score (nSPS) is 19.7. The van der Waals surface area contributed by atoms with Crippen LogP contribution in [0.5, 0.6) is 0 Å². The number of carbonyl (C=O) groups excluding carboxylic acids is 1. The third-order valence-corrected chi connectivity index (χ3v) is 5.46. The number of hydrogen-bond acceptors (Lipinski definition) is 3. The van der Waals surface area contributed by atoms with Crippen molar-refractivity contribution in [2.24, 2.45) is 0 Å². The van der Waals surface area contributed by atoms with Gasteiger partial charge in [-0.05, 0) is 45.6 Å². The Bertz CT molecular complexity index is 674. The molecule has 1 aliphatic carbocycles. The molecule has 1 aromatic heterocycles. The van der Waals surface area contributed by atoms with E-state index < -0.39 is 6.10 Å². The number of fused-ring (bicyclic) bond motifs is 1. The Kier molecular flexibility index (Phi) is 4.81. The molecule has 2 aromatic rings. The number of amides is 2. The lowest BCUT2D eigenvalue weighted by Crippen LogP contribution is -2.41. The molecule has 0 spiro atoms. The number of carbonyl (C=O) groups is 1. The molecule has 1 heterocycles. The van der Waals surface area contributed by atoms with E-state index in [9.17, 15) is 9.90 Å². The second-order valence-corrected chi connectivity index (χ2v) is 7.85. The van der Waals surface area contributed by atoms with E-state index in [0.29, 0.717) is 13.0 Å². The van der Waals surface area contributed by atoms with E-state index in [1.54, 1.807) is 11.3 Å². The van der Waals surface area contributed by atoms with Gasteiger partial charge in [0.15, 0.2) is 0 Å². The van der Waals surface area contributed by atoms with Gasteiger partial charge in [-0.25, -0.2) is 4.79 Å². The van der Waals surface area contributed by atoms with Gasteiger partial charge in [0.2, 0.25) is 0 Å². The Morgan fingerprint density at radius 1 is 1.32 bits per heavy atom. The molecular weight excluding hydrogens is 364 g/mol. The zero-order valence-corrected chi connectivity index (χ0v) is 14.3. The maximum absolute atomic E-state index is 12.0. The van der Waals surface area contributed by atoms with E-state index in [1.165, 1.54) is 4.88 Å². The Labute approximate surface area is 141 Å². The monoisotopic (exact) mass is 380 g/mol. The van der Waals surface area contributed by atoms with Crippen LogP contribution in [-0.2, 0) is 12.8 Å². The summed E-state index contributed by atoms with van der Waals surface area (Å²) in [6.07, 6.45) is 0.828. The van der Waals surface area contributed by atoms with Crippen LogP contribution < -0.4 is 10.6 Å². The van der Waals surface area contributed by atoms with Crippen molar-refractivity contribution in [2.75, 3.05) is 6.54 Å². The SMILES string of the molecule is O=C(NCCc1ccc(Br)s1)NC1c2ccccc2CC1O. The average molecular weight is 381 g/mol. The second-order valence-electron chi connectivity index (χ2n) is 5.30. The minimum Gasteiger partial charge on any atom is -0.390 e. The highest BCUT2D eigenvalue weighted by atomic mass is 79.9. The lowest BCUT2D eigenvalue weighted by atomic mass is 10.1. The van der Waals surface area contributed by atoms with Crippen molar-refractivity contribution < 1.29 is 9.90 Å². The van der Waals surface area contributed by atoms with Gasteiger partial charge in [0, 0.05) is 17.8 Å². The van der Waals surface area contributed by atoms with Crippen molar-refractivity contribution in [1.82, 2.24) is 10.6 Å². The van der Waals surface area contributed by atoms with Crippen LogP contribution in [0.3, 0.4) is 0 Å². The number of nitrogens with one attached hydrogen (secondary N) is 2. The molecule has 0 bridgehead atoms. The van der Waals surface area contributed by atoms with Gasteiger partial charge in [0.1, 0.15) is 0 Å². The molecule has 0 fully saturated rings. The minimum absolute atomic E-state index is 0.239. The summed E-state index contributed by atoms with van der Waals surface area (Å²) >= 11 is 5.09. The lowest BCUT2D eigenvalue weighted by Gasteiger charge is -2.18. The summed E-state index contributed by atoms with van der Waals surface area (Å²) in [5.41, 5.74) is 2.11. The van der Waals surface area contributed by atoms with Gasteiger partial charge in [-0.1, -0.05) is 24.3 Å². The van der Waals surface area contributed by atoms with E-state index >= 15 is 0 Å². The van der Waals surface area contributed by atoms with Crippen LogP contribution in [0.2, 0.25) is 0 Å². The molecule has 2 unspecified atom stereocenters. The van der Waals surface area contributed by atoms with Crippen molar-refractivity contribution in [2.45, 2.75) is 25.0 Å². The number of thiophene rings is 1. The second kappa shape index (κ2) is 6.81. The van der Waals surface area contributed by atoms with Crippen LogP contribution in [-0.4, -0.2) is 23.8 Å². The highest BCUT2D eigenvalue weighted by Gasteiger charge is 2.31. The molecule has 6 heteroatoms. The molecule has 3 rings (SSSR count). The Hall–Kier alpha value is -1.37. The van der Waals surface area contributed by atoms with Crippen molar-refractivity contribution >= 4 is 33.3 Å². The highest BCUT2D eigenvalue weighted by molar-refractivity contribution is 9.11. The number of aliphatic hydroxyl groups excluding tert-OH is 1. The van der Waals surface area contributed by atoms with E-state index in [1.807, 2.05) is 36.4 Å². The zero-order chi connectivity index (χ0) is 15.5. The molecule has 0 saturated heterocycles. The van der Waals surface area contributed by atoms with Gasteiger partial charge in [0.25, 0.3) is 0 Å². The van der Waals surface area contributed by atoms with Crippen LogP contribution in [0.15, 0.2) is 40.2 Å². The predicted octanol–water partition coefficient (Wildman–Crippen LogP) is 3.01. The number of benzene rings is 1. The molecule has 0 saturated carbocycles. The molecule has 1 aliphatic rings. The van der Waals surface area contributed by atoms with Crippen LogP contribution in [0.1, 0.15) is 22.0 Å². The van der Waals surface area contributed by atoms with Gasteiger partial charge < -0.3 is 15.7 Å². The lowest BCUT2D eigenvalue weighted by molar-refractivity contribution is 0.142. The molecule has 3 N–H and O–H groups in total. The summed E-state index contributed by atoms with van der Waals surface area (Å²) in [7, 11) is 0. The first-order valence-electron chi connectivity index (χ1n) is 7.18. The zero-order valence-electron chi connectivity index (χ0n) is 11.9. The van der Waals surface area contributed by atoms with E-state index in [2.05, 4.69) is 26.6 Å². The van der Waals surface area contributed by atoms with E-state index in [0.717, 1.165) is 21.3 Å². The molecular formula is C16H17BrN2O2S. The summed E-state index contributed by atoms with van der Waals surface area (Å²) in [6, 6.07) is 11.3. The van der Waals surface area contributed by atoms with Crippen molar-refractivity contribution in [3.8, 4) is 0 Å². The average Bonchev–Trinajstić information content (AvgIpc) is 3.03. The molecule has 0 aliphatic heterocycles. The number of halogens is 1. The Morgan fingerprint density at radius 3 is 2.91 bits per heavy atom. The summed E-state index contributed by atoms with van der Waals surface area (Å²) in [6.45, 7) is 0.573. The van der Waals surface area contributed by atoms with Gasteiger partial charge >= 0.3 is 6.03 Å². The van der Waals surface area contributed by atoms with Crippen LogP contribution in [0, 0.1) is 0 Å². The fourth-order valence-electron chi connectivity index (χ4n) is 2.73. The fourth-order valence-corrected chi connectivity index (χ4v) is 4.21. The van der Waals surface area contributed by atoms with E-state index in [-0.39, 0.29) is 12.1 Å². The first kappa shape index (κ1) is 15.5. The number of aliphatic hydroxyl groups is 1. The number of urea groups is 1. The first-order valence-corrected chi connectivity index (χ1v) is 8.79. The molecule has 0 radical (unpaired) electrons. The van der Waals surface area contributed by atoms with Gasteiger partial charge in [-0.3, -0.25) is 0 Å². The standard InChI is InChI=1S/C16H17BrN2O2S/c17-14-6-5-11(22-14)7-8-18-16(21)19-15-12-4-2-1-3-10(12)9-13(15)20/h1-6,13,15,20H,7-9H2,(H2,18,19,21). The fraction of sp³-hybridized carbons (Fsp3) is 0.312. The van der Waals surface area contributed by atoms with Crippen LogP contribution in [0.25, 0.3) is 0 Å². The first-order chi connectivity index (χ1) is 10.6. The molecule has 22 heavy (non-hydrogen) atoms. The van der Waals surface area contributed by atoms with Crippen LogP contribution in [0.4, 0.5) is 4.79 Å². The molecule has 2 atom stereocenters. The summed E-state index contributed by atoms with van der Waals surface area (Å²) in [5, 5.41) is 15.8. The van der Waals surface area contributed by atoms with Crippen LogP contribution >= 0.6 is 27.3 Å². The summed E-state index contributed by atoms with van der Waals surface area (Å²) < 4.78 is 1.10. The van der Waals surface area contributed by atoms with Crippen molar-refractivity contribution in [3.63, 3.8) is 0 Å². The molecule has 2 amide bonds. The van der Waals surface area contributed by atoms with Crippen molar-refractivity contribution in [1.29, 1.82) is 0 Å². The highest BCUT2D eigenvalue weighted by Crippen LogP contribution is 2.31.